The number of benzene rings is 1. The molecular formula is C12H16O5. The van der Waals surface area contributed by atoms with Crippen molar-refractivity contribution in [3.63, 3.8) is 0 Å². The van der Waals surface area contributed by atoms with Crippen LogP contribution in [0.1, 0.15) is 12.5 Å². The van der Waals surface area contributed by atoms with Crippen LogP contribution in [0.25, 0.3) is 0 Å². The van der Waals surface area contributed by atoms with Crippen molar-refractivity contribution in [2.24, 2.45) is 0 Å². The lowest BCUT2D eigenvalue weighted by Crippen LogP contribution is -2.19. The van der Waals surface area contributed by atoms with E-state index >= 15 is 0 Å². The van der Waals surface area contributed by atoms with Gasteiger partial charge in [0.25, 0.3) is 0 Å². The average Bonchev–Trinajstić information content (AvgIpc) is 2.29. The Labute approximate surface area is 99.6 Å². The Morgan fingerprint density at radius 1 is 1.47 bits per heavy atom. The van der Waals surface area contributed by atoms with E-state index in [1.807, 2.05) is 0 Å². The van der Waals surface area contributed by atoms with Crippen molar-refractivity contribution in [2.45, 2.75) is 19.4 Å². The molecule has 0 unspecified atom stereocenters. The highest BCUT2D eigenvalue weighted by Gasteiger charge is 2.09. The summed E-state index contributed by atoms with van der Waals surface area (Å²) in [6.45, 7) is 1.24. The second-order valence-corrected chi connectivity index (χ2v) is 3.67. The predicted molar refractivity (Wildman–Crippen MR) is 61.0 cm³/mol. The topological polar surface area (TPSA) is 76.0 Å². The first kappa shape index (κ1) is 13.3. The minimum absolute atomic E-state index is 0.0431. The highest BCUT2D eigenvalue weighted by Crippen LogP contribution is 2.26. The number of methoxy groups -OCH3 is 1. The molecule has 2 N–H and O–H groups in total. The van der Waals surface area contributed by atoms with Gasteiger partial charge < -0.3 is 19.7 Å². The highest BCUT2D eigenvalue weighted by atomic mass is 16.5. The van der Waals surface area contributed by atoms with Crippen molar-refractivity contribution in [1.82, 2.24) is 0 Å². The van der Waals surface area contributed by atoms with Gasteiger partial charge in [-0.1, -0.05) is 6.07 Å². The van der Waals surface area contributed by atoms with Crippen LogP contribution in [-0.4, -0.2) is 36.0 Å². The monoisotopic (exact) mass is 240 g/mol. The van der Waals surface area contributed by atoms with Crippen LogP contribution >= 0.6 is 0 Å². The molecule has 5 heteroatoms. The van der Waals surface area contributed by atoms with Gasteiger partial charge in [-0.3, -0.25) is 4.79 Å². The number of phenolic OH excluding ortho intramolecular Hbond substituents is 1. The van der Waals surface area contributed by atoms with E-state index in [9.17, 15) is 15.0 Å². The molecule has 0 fully saturated rings. The number of hydrogen-bond acceptors (Lipinski definition) is 5. The van der Waals surface area contributed by atoms with Crippen LogP contribution < -0.4 is 4.74 Å². The Hall–Kier alpha value is -1.75. The number of aromatic hydroxyl groups is 1. The number of esters is 1. The number of phenols is 1. The fraction of sp³-hybridized carbons (Fsp3) is 0.417. The van der Waals surface area contributed by atoms with Crippen molar-refractivity contribution < 1.29 is 24.5 Å². The van der Waals surface area contributed by atoms with Crippen molar-refractivity contribution in [1.29, 1.82) is 0 Å². The van der Waals surface area contributed by atoms with Gasteiger partial charge in [0, 0.05) is 13.3 Å². The Bertz CT molecular complexity index is 388. The summed E-state index contributed by atoms with van der Waals surface area (Å²) in [7, 11) is 1.45. The van der Waals surface area contributed by atoms with Gasteiger partial charge in [0.1, 0.15) is 6.61 Å². The summed E-state index contributed by atoms with van der Waals surface area (Å²) in [6.07, 6.45) is -0.447. The molecule has 0 spiro atoms. The van der Waals surface area contributed by atoms with Gasteiger partial charge in [0.2, 0.25) is 0 Å². The van der Waals surface area contributed by atoms with Gasteiger partial charge in [0.15, 0.2) is 11.5 Å². The van der Waals surface area contributed by atoms with Crippen molar-refractivity contribution in [2.75, 3.05) is 13.7 Å². The van der Waals surface area contributed by atoms with Crippen LogP contribution in [0, 0.1) is 0 Å². The van der Waals surface area contributed by atoms with Gasteiger partial charge >= 0.3 is 5.97 Å². The van der Waals surface area contributed by atoms with Crippen LogP contribution in [0.3, 0.4) is 0 Å². The number of carbonyl (C=O) groups is 1. The molecule has 0 heterocycles. The van der Waals surface area contributed by atoms with Crippen LogP contribution in [-0.2, 0) is 16.0 Å². The Morgan fingerprint density at radius 2 is 2.18 bits per heavy atom. The number of aliphatic hydroxyl groups excluding tert-OH is 1. The Kier molecular flexibility index (Phi) is 4.78. The summed E-state index contributed by atoms with van der Waals surface area (Å²) >= 11 is 0. The molecule has 0 saturated carbocycles. The minimum atomic E-state index is -0.770. The zero-order valence-electron chi connectivity index (χ0n) is 9.84. The molecule has 5 nitrogen and oxygen atoms in total. The number of ether oxygens (including phenoxy) is 2. The highest BCUT2D eigenvalue weighted by molar-refractivity contribution is 5.65. The molecule has 0 radical (unpaired) electrons. The third kappa shape index (κ3) is 4.32. The minimum Gasteiger partial charge on any atom is -0.504 e. The molecular weight excluding hydrogens is 224 g/mol. The number of hydrogen-bond donors (Lipinski definition) is 2. The molecule has 0 aliphatic carbocycles. The standard InChI is InChI=1S/C12H16O5/c1-8(13)17-7-10(14)5-9-3-4-11(15)12(6-9)16-2/h3-4,6,10,14-15H,5,7H2,1-2H3/t10-/m0/s1. The first-order chi connectivity index (χ1) is 8.02. The Balaban J connectivity index is 2.59. The molecule has 0 aliphatic heterocycles. The molecule has 1 aromatic rings. The van der Waals surface area contributed by atoms with Gasteiger partial charge in [0.05, 0.1) is 13.2 Å². The number of aliphatic hydroxyl groups is 1. The second-order valence-electron chi connectivity index (χ2n) is 3.67. The molecule has 0 saturated heterocycles. The summed E-state index contributed by atoms with van der Waals surface area (Å²) in [5.74, 6) is -0.0275. The predicted octanol–water partition coefficient (Wildman–Crippen LogP) is 0.867. The Morgan fingerprint density at radius 3 is 2.76 bits per heavy atom. The van der Waals surface area contributed by atoms with E-state index in [1.54, 1.807) is 12.1 Å². The quantitative estimate of drug-likeness (QED) is 0.747. The summed E-state index contributed by atoms with van der Waals surface area (Å²) < 4.78 is 9.63. The van der Waals surface area contributed by atoms with Crippen LogP contribution in [0.4, 0.5) is 0 Å². The smallest absolute Gasteiger partial charge is 0.302 e. The fourth-order valence-corrected chi connectivity index (χ4v) is 1.39. The third-order valence-electron chi connectivity index (χ3n) is 2.19. The van der Waals surface area contributed by atoms with E-state index in [4.69, 9.17) is 4.74 Å². The van der Waals surface area contributed by atoms with E-state index in [-0.39, 0.29) is 12.4 Å². The zero-order valence-corrected chi connectivity index (χ0v) is 9.84. The molecule has 0 bridgehead atoms. The fourth-order valence-electron chi connectivity index (χ4n) is 1.39. The zero-order chi connectivity index (χ0) is 12.8. The van der Waals surface area contributed by atoms with E-state index in [1.165, 1.54) is 20.1 Å². The van der Waals surface area contributed by atoms with Crippen molar-refractivity contribution in [3.8, 4) is 11.5 Å². The summed E-state index contributed by atoms with van der Waals surface area (Å²) in [6, 6.07) is 4.80. The maximum absolute atomic E-state index is 10.6. The number of carbonyl (C=O) groups excluding carboxylic acids is 1. The largest absolute Gasteiger partial charge is 0.504 e. The summed E-state index contributed by atoms with van der Waals surface area (Å²) in [5.41, 5.74) is 0.791. The SMILES string of the molecule is COc1cc(C[C@H](O)COC(C)=O)ccc1O. The molecule has 0 aromatic heterocycles. The molecule has 1 atom stereocenters. The molecule has 0 aliphatic rings. The molecule has 1 rings (SSSR count). The third-order valence-corrected chi connectivity index (χ3v) is 2.19. The van der Waals surface area contributed by atoms with E-state index in [2.05, 4.69) is 4.74 Å². The first-order valence-corrected chi connectivity index (χ1v) is 5.20. The van der Waals surface area contributed by atoms with Gasteiger partial charge in [-0.15, -0.1) is 0 Å². The van der Waals surface area contributed by atoms with Crippen LogP contribution in [0.2, 0.25) is 0 Å². The van der Waals surface area contributed by atoms with E-state index in [0.29, 0.717) is 12.2 Å². The van der Waals surface area contributed by atoms with Gasteiger partial charge in [-0.2, -0.15) is 0 Å². The molecule has 17 heavy (non-hydrogen) atoms. The maximum Gasteiger partial charge on any atom is 0.302 e. The lowest BCUT2D eigenvalue weighted by molar-refractivity contribution is -0.143. The summed E-state index contributed by atoms with van der Waals surface area (Å²) in [4.78, 5) is 10.6. The molecule has 1 aromatic carbocycles. The molecule has 0 amide bonds. The normalized spacial score (nSPS) is 11.9. The van der Waals surface area contributed by atoms with Gasteiger partial charge in [-0.25, -0.2) is 0 Å². The molecule has 94 valence electrons. The van der Waals surface area contributed by atoms with Crippen molar-refractivity contribution >= 4 is 5.97 Å². The van der Waals surface area contributed by atoms with Crippen molar-refractivity contribution in [3.05, 3.63) is 23.8 Å². The lowest BCUT2D eigenvalue weighted by Gasteiger charge is -2.11. The number of rotatable bonds is 5. The van der Waals surface area contributed by atoms with Crippen LogP contribution in [0.5, 0.6) is 11.5 Å². The first-order valence-electron chi connectivity index (χ1n) is 5.20. The summed E-state index contributed by atoms with van der Waals surface area (Å²) in [5, 5.41) is 19.0. The van der Waals surface area contributed by atoms with E-state index < -0.39 is 12.1 Å². The van der Waals surface area contributed by atoms with Gasteiger partial charge in [-0.05, 0) is 17.7 Å². The maximum atomic E-state index is 10.6. The van der Waals surface area contributed by atoms with Crippen LogP contribution in [0.15, 0.2) is 18.2 Å². The average molecular weight is 240 g/mol. The van der Waals surface area contributed by atoms with E-state index in [0.717, 1.165) is 5.56 Å². The lowest BCUT2D eigenvalue weighted by atomic mass is 10.1. The second kappa shape index (κ2) is 6.10.